The molecule has 1 saturated carbocycles. The first-order chi connectivity index (χ1) is 8.16. The predicted octanol–water partition coefficient (Wildman–Crippen LogP) is 3.01. The van der Waals surface area contributed by atoms with Crippen LogP contribution < -0.4 is 5.73 Å². The maximum atomic E-state index is 12.9. The number of hydrogen-bond donors (Lipinski definition) is 1. The van der Waals surface area contributed by atoms with E-state index >= 15 is 0 Å². The molecule has 0 spiro atoms. The second-order valence-electron chi connectivity index (χ2n) is 4.47. The number of halogens is 2. The largest absolute Gasteiger partial charge is 0.387 e. The number of rotatable bonds is 3. The highest BCUT2D eigenvalue weighted by molar-refractivity contribution is 5.83. The minimum atomic E-state index is -0.836. The van der Waals surface area contributed by atoms with Crippen LogP contribution in [0.5, 0.6) is 0 Å². The van der Waals surface area contributed by atoms with Crippen LogP contribution in [0.3, 0.4) is 0 Å². The van der Waals surface area contributed by atoms with Gasteiger partial charge in [-0.1, -0.05) is 18.9 Å². The van der Waals surface area contributed by atoms with E-state index in [9.17, 15) is 8.78 Å². The molecule has 0 aromatic heterocycles. The zero-order valence-electron chi connectivity index (χ0n) is 9.63. The van der Waals surface area contributed by atoms with Crippen LogP contribution in [-0.2, 0) is 6.54 Å². The van der Waals surface area contributed by atoms with Gasteiger partial charge in [-0.15, -0.1) is 0 Å². The molecule has 0 radical (unpaired) electrons. The summed E-state index contributed by atoms with van der Waals surface area (Å²) < 4.78 is 25.7. The van der Waals surface area contributed by atoms with Gasteiger partial charge in [-0.05, 0) is 30.5 Å². The van der Waals surface area contributed by atoms with E-state index in [1.54, 1.807) is 0 Å². The molecule has 0 heterocycles. The molecular formula is C13H16F2N2. The van der Waals surface area contributed by atoms with Crippen LogP contribution in [0.2, 0.25) is 0 Å². The third-order valence-corrected chi connectivity index (χ3v) is 3.20. The zero-order valence-corrected chi connectivity index (χ0v) is 9.63. The third-order valence-electron chi connectivity index (χ3n) is 3.20. The normalized spacial score (nSPS) is 17.6. The molecular weight excluding hydrogens is 222 g/mol. The average molecular weight is 238 g/mol. The summed E-state index contributed by atoms with van der Waals surface area (Å²) in [6.07, 6.45) is 4.58. The van der Waals surface area contributed by atoms with Gasteiger partial charge in [0.2, 0.25) is 0 Å². The molecule has 17 heavy (non-hydrogen) atoms. The van der Waals surface area contributed by atoms with Crippen molar-refractivity contribution < 1.29 is 8.78 Å². The SMILES string of the molecule is NC(=NCc1ccc(F)c(F)c1)C1CCCC1. The van der Waals surface area contributed by atoms with Gasteiger partial charge in [0.25, 0.3) is 0 Å². The molecule has 0 saturated heterocycles. The Bertz CT molecular complexity index is 423. The zero-order chi connectivity index (χ0) is 12.3. The van der Waals surface area contributed by atoms with Crippen LogP contribution in [0, 0.1) is 17.6 Å². The standard InChI is InChI=1S/C13H16F2N2/c14-11-6-5-9(7-12(11)15)8-17-13(16)10-3-1-2-4-10/h5-7,10H,1-4,8H2,(H2,16,17). The van der Waals surface area contributed by atoms with E-state index in [1.165, 1.54) is 25.0 Å². The van der Waals surface area contributed by atoms with E-state index in [1.807, 2.05) is 0 Å². The number of aliphatic imine (C=N–C) groups is 1. The van der Waals surface area contributed by atoms with Crippen molar-refractivity contribution in [2.75, 3.05) is 0 Å². The Morgan fingerprint density at radius 2 is 1.94 bits per heavy atom. The van der Waals surface area contributed by atoms with E-state index in [0.717, 1.165) is 18.9 Å². The Morgan fingerprint density at radius 1 is 1.24 bits per heavy atom. The smallest absolute Gasteiger partial charge is 0.159 e. The number of nitrogens with zero attached hydrogens (tertiary/aromatic N) is 1. The first kappa shape index (κ1) is 12.0. The number of nitrogens with two attached hydrogens (primary N) is 1. The van der Waals surface area contributed by atoms with Crippen molar-refractivity contribution in [2.45, 2.75) is 32.2 Å². The molecule has 1 aromatic rings. The van der Waals surface area contributed by atoms with Gasteiger partial charge >= 0.3 is 0 Å². The molecule has 0 amide bonds. The summed E-state index contributed by atoms with van der Waals surface area (Å²) in [7, 11) is 0. The fourth-order valence-corrected chi connectivity index (χ4v) is 2.17. The van der Waals surface area contributed by atoms with Gasteiger partial charge in [0.1, 0.15) is 0 Å². The second-order valence-corrected chi connectivity index (χ2v) is 4.47. The first-order valence-electron chi connectivity index (χ1n) is 5.90. The molecule has 2 rings (SSSR count). The number of hydrogen-bond acceptors (Lipinski definition) is 1. The van der Waals surface area contributed by atoms with Crippen molar-refractivity contribution in [3.63, 3.8) is 0 Å². The summed E-state index contributed by atoms with van der Waals surface area (Å²) in [5.41, 5.74) is 6.52. The van der Waals surface area contributed by atoms with Gasteiger partial charge in [0.05, 0.1) is 12.4 Å². The quantitative estimate of drug-likeness (QED) is 0.638. The van der Waals surface area contributed by atoms with Crippen molar-refractivity contribution in [2.24, 2.45) is 16.6 Å². The van der Waals surface area contributed by atoms with Crippen LogP contribution >= 0.6 is 0 Å². The highest BCUT2D eigenvalue weighted by Gasteiger charge is 2.18. The van der Waals surface area contributed by atoms with Crippen molar-refractivity contribution >= 4 is 5.84 Å². The molecule has 0 unspecified atom stereocenters. The van der Waals surface area contributed by atoms with E-state index < -0.39 is 11.6 Å². The van der Waals surface area contributed by atoms with Crippen LogP contribution in [0.15, 0.2) is 23.2 Å². The fourth-order valence-electron chi connectivity index (χ4n) is 2.17. The van der Waals surface area contributed by atoms with Gasteiger partial charge in [-0.25, -0.2) is 8.78 Å². The molecule has 2 nitrogen and oxygen atoms in total. The van der Waals surface area contributed by atoms with E-state index in [-0.39, 0.29) is 0 Å². The lowest BCUT2D eigenvalue weighted by atomic mass is 10.1. The van der Waals surface area contributed by atoms with E-state index in [2.05, 4.69) is 4.99 Å². The fraction of sp³-hybridized carbons (Fsp3) is 0.462. The molecule has 1 aliphatic rings. The molecule has 1 aromatic carbocycles. The minimum Gasteiger partial charge on any atom is -0.387 e. The molecule has 0 bridgehead atoms. The molecule has 1 aliphatic carbocycles. The maximum absolute atomic E-state index is 12.9. The lowest BCUT2D eigenvalue weighted by Gasteiger charge is -2.08. The van der Waals surface area contributed by atoms with Gasteiger partial charge < -0.3 is 5.73 Å². The number of benzene rings is 1. The molecule has 0 aliphatic heterocycles. The molecule has 4 heteroatoms. The summed E-state index contributed by atoms with van der Waals surface area (Å²) in [4.78, 5) is 4.25. The third kappa shape index (κ3) is 3.02. The Balaban J connectivity index is 2.00. The van der Waals surface area contributed by atoms with Crippen molar-refractivity contribution in [3.8, 4) is 0 Å². The van der Waals surface area contributed by atoms with Gasteiger partial charge in [0, 0.05) is 5.92 Å². The molecule has 1 fully saturated rings. The summed E-state index contributed by atoms with van der Waals surface area (Å²) in [6, 6.07) is 3.82. The summed E-state index contributed by atoms with van der Waals surface area (Å²) in [5, 5.41) is 0. The Hall–Kier alpha value is -1.45. The first-order valence-corrected chi connectivity index (χ1v) is 5.90. The Labute approximate surface area is 99.5 Å². The van der Waals surface area contributed by atoms with Gasteiger partial charge in [-0.2, -0.15) is 0 Å². The predicted molar refractivity (Wildman–Crippen MR) is 63.6 cm³/mol. The van der Waals surface area contributed by atoms with Crippen molar-refractivity contribution in [1.82, 2.24) is 0 Å². The van der Waals surface area contributed by atoms with Crippen LogP contribution in [-0.4, -0.2) is 5.84 Å². The molecule has 92 valence electrons. The molecule has 0 atom stereocenters. The lowest BCUT2D eigenvalue weighted by molar-refractivity contribution is 0.507. The maximum Gasteiger partial charge on any atom is 0.159 e. The monoisotopic (exact) mass is 238 g/mol. The Morgan fingerprint density at radius 3 is 2.59 bits per heavy atom. The highest BCUT2D eigenvalue weighted by Crippen LogP contribution is 2.24. The number of amidine groups is 1. The van der Waals surface area contributed by atoms with E-state index in [0.29, 0.717) is 23.9 Å². The van der Waals surface area contributed by atoms with Gasteiger partial charge in [0.15, 0.2) is 11.6 Å². The van der Waals surface area contributed by atoms with Crippen LogP contribution in [0.4, 0.5) is 8.78 Å². The minimum absolute atomic E-state index is 0.319. The summed E-state index contributed by atoms with van der Waals surface area (Å²) in [6.45, 7) is 0.319. The van der Waals surface area contributed by atoms with Gasteiger partial charge in [-0.3, -0.25) is 4.99 Å². The Kier molecular flexibility index (Phi) is 3.71. The van der Waals surface area contributed by atoms with E-state index in [4.69, 9.17) is 5.73 Å². The topological polar surface area (TPSA) is 38.4 Å². The highest BCUT2D eigenvalue weighted by atomic mass is 19.2. The molecule has 2 N–H and O–H groups in total. The summed E-state index contributed by atoms with van der Waals surface area (Å²) in [5.74, 6) is -0.647. The second kappa shape index (κ2) is 5.25. The van der Waals surface area contributed by atoms with Crippen molar-refractivity contribution in [3.05, 3.63) is 35.4 Å². The van der Waals surface area contributed by atoms with Crippen LogP contribution in [0.1, 0.15) is 31.2 Å². The van der Waals surface area contributed by atoms with Crippen LogP contribution in [0.25, 0.3) is 0 Å². The van der Waals surface area contributed by atoms with Crippen molar-refractivity contribution in [1.29, 1.82) is 0 Å². The average Bonchev–Trinajstić information content (AvgIpc) is 2.84. The lowest BCUT2D eigenvalue weighted by Crippen LogP contribution is -2.21. The summed E-state index contributed by atoms with van der Waals surface area (Å²) >= 11 is 0.